The molecule has 3 N–H and O–H groups in total. The van der Waals surface area contributed by atoms with Crippen LogP contribution < -0.4 is 5.32 Å². The topological polar surface area (TPSA) is 103 Å². The van der Waals surface area contributed by atoms with Gasteiger partial charge in [-0.1, -0.05) is 26.8 Å². The van der Waals surface area contributed by atoms with Gasteiger partial charge in [0.25, 0.3) is 5.91 Å². The second-order valence-electron chi connectivity index (χ2n) is 12.2. The van der Waals surface area contributed by atoms with E-state index in [1.807, 2.05) is 11.8 Å². The smallest absolute Gasteiger partial charge is 0.263 e. The predicted molar refractivity (Wildman–Crippen MR) is 144 cm³/mol. The van der Waals surface area contributed by atoms with E-state index in [0.29, 0.717) is 25.2 Å². The summed E-state index contributed by atoms with van der Waals surface area (Å²) in [7, 11) is 0. The summed E-state index contributed by atoms with van der Waals surface area (Å²) in [6, 6.07) is 3.25. The highest BCUT2D eigenvalue weighted by Gasteiger charge is 2.59. The number of likely N-dealkylation sites (tertiary alicyclic amines) is 1. The van der Waals surface area contributed by atoms with Crippen LogP contribution in [0.1, 0.15) is 79.7 Å². The van der Waals surface area contributed by atoms with Crippen molar-refractivity contribution in [1.29, 1.82) is 0 Å². The number of piperidine rings is 1. The lowest BCUT2D eigenvalue weighted by Crippen LogP contribution is -2.57. The Morgan fingerprint density at radius 2 is 1.85 bits per heavy atom. The molecule has 5 atom stereocenters. The number of thiazole rings is 1. The second kappa shape index (κ2) is 10.5. The van der Waals surface area contributed by atoms with E-state index < -0.39 is 40.0 Å². The van der Waals surface area contributed by atoms with Crippen molar-refractivity contribution in [2.24, 2.45) is 22.7 Å². The Balaban J connectivity index is 1.50. The van der Waals surface area contributed by atoms with Gasteiger partial charge in [0.05, 0.1) is 18.4 Å². The number of aromatic nitrogens is 1. The number of carbonyl (C=O) groups is 2. The molecule has 212 valence electrons. The molecular weight excluding hydrogens is 524 g/mol. The van der Waals surface area contributed by atoms with Gasteiger partial charge in [0.1, 0.15) is 17.2 Å². The van der Waals surface area contributed by atoms with Crippen molar-refractivity contribution < 1.29 is 28.6 Å². The average Bonchev–Trinajstić information content (AvgIpc) is 3.29. The van der Waals surface area contributed by atoms with Gasteiger partial charge in [0.15, 0.2) is 5.13 Å². The number of benzene rings is 1. The lowest BCUT2D eigenvalue weighted by atomic mass is 9.47. The number of carbonyl (C=O) groups excluding carboxylic acids is 2. The van der Waals surface area contributed by atoms with Crippen molar-refractivity contribution in [3.05, 3.63) is 46.0 Å². The summed E-state index contributed by atoms with van der Waals surface area (Å²) >= 11 is 1.23. The lowest BCUT2D eigenvalue weighted by Gasteiger charge is -2.58. The van der Waals surface area contributed by atoms with Crippen LogP contribution in [-0.4, -0.2) is 57.7 Å². The maximum absolute atomic E-state index is 14.2. The Hall–Kier alpha value is -2.43. The molecule has 2 fully saturated rings. The lowest BCUT2D eigenvalue weighted by molar-refractivity contribution is -0.147. The molecular formula is C29H37F2N3O4S. The van der Waals surface area contributed by atoms with Crippen LogP contribution >= 0.6 is 11.3 Å². The van der Waals surface area contributed by atoms with Crippen LogP contribution in [0, 0.1) is 34.3 Å². The SMILES string of the molecule is CC1CCN(C(=O)C[C@@H]2c3nc(NC(=O)c4c(F)cccc4F)sc3C[C@@H]3[C@](C)(CO)[C@H](O)CC[C@]32C)CC1. The Kier molecular flexibility index (Phi) is 7.58. The minimum atomic E-state index is -0.959. The first-order valence-electron chi connectivity index (χ1n) is 13.8. The number of aliphatic hydroxyl groups is 2. The van der Waals surface area contributed by atoms with Gasteiger partial charge in [0, 0.05) is 35.7 Å². The highest BCUT2D eigenvalue weighted by Crippen LogP contribution is 2.63. The van der Waals surface area contributed by atoms with Crippen molar-refractivity contribution in [1.82, 2.24) is 9.88 Å². The first-order valence-corrected chi connectivity index (χ1v) is 14.6. The average molecular weight is 562 g/mol. The zero-order valence-corrected chi connectivity index (χ0v) is 23.5. The van der Waals surface area contributed by atoms with Crippen molar-refractivity contribution in [3.63, 3.8) is 0 Å². The summed E-state index contributed by atoms with van der Waals surface area (Å²) < 4.78 is 28.5. The van der Waals surface area contributed by atoms with Crippen LogP contribution in [0.3, 0.4) is 0 Å². The molecule has 5 rings (SSSR count). The molecule has 0 unspecified atom stereocenters. The van der Waals surface area contributed by atoms with E-state index in [1.54, 1.807) is 0 Å². The number of amides is 2. The Bertz CT molecular complexity index is 1240. The van der Waals surface area contributed by atoms with Crippen LogP contribution in [0.4, 0.5) is 13.9 Å². The highest BCUT2D eigenvalue weighted by molar-refractivity contribution is 7.15. The van der Waals surface area contributed by atoms with E-state index in [0.717, 1.165) is 48.6 Å². The number of nitrogens with zero attached hydrogens (tertiary/aromatic N) is 2. The molecule has 2 heterocycles. The highest BCUT2D eigenvalue weighted by atomic mass is 32.1. The minimum absolute atomic E-state index is 0.0589. The number of hydrogen-bond acceptors (Lipinski definition) is 6. The van der Waals surface area contributed by atoms with Crippen molar-refractivity contribution in [2.45, 2.75) is 71.3 Å². The van der Waals surface area contributed by atoms with E-state index in [4.69, 9.17) is 4.98 Å². The number of hydrogen-bond donors (Lipinski definition) is 3. The summed E-state index contributed by atoms with van der Waals surface area (Å²) in [6.45, 7) is 7.48. The largest absolute Gasteiger partial charge is 0.396 e. The normalized spacial score (nSPS) is 30.9. The molecule has 1 saturated carbocycles. The molecule has 1 aromatic carbocycles. The van der Waals surface area contributed by atoms with Gasteiger partial charge in [-0.3, -0.25) is 14.9 Å². The molecule has 0 spiro atoms. The Labute approximate surface area is 231 Å². The molecule has 7 nitrogen and oxygen atoms in total. The number of fused-ring (bicyclic) bond motifs is 2. The molecule has 2 aliphatic carbocycles. The molecule has 3 aliphatic rings. The fourth-order valence-corrected chi connectivity index (χ4v) is 8.20. The fraction of sp³-hybridized carbons (Fsp3) is 0.621. The summed E-state index contributed by atoms with van der Waals surface area (Å²) in [5.74, 6) is -2.61. The van der Waals surface area contributed by atoms with E-state index in [2.05, 4.69) is 19.2 Å². The first kappa shape index (κ1) is 28.1. The summed E-state index contributed by atoms with van der Waals surface area (Å²) in [6.07, 6.45) is 3.19. The first-order chi connectivity index (χ1) is 18.5. The van der Waals surface area contributed by atoms with E-state index in [1.165, 1.54) is 17.4 Å². The summed E-state index contributed by atoms with van der Waals surface area (Å²) in [5, 5.41) is 24.2. The molecule has 1 aromatic heterocycles. The number of halogens is 2. The van der Waals surface area contributed by atoms with Crippen LogP contribution in [0.5, 0.6) is 0 Å². The third-order valence-electron chi connectivity index (χ3n) is 9.82. The number of aliphatic hydroxyl groups excluding tert-OH is 2. The Morgan fingerprint density at radius 3 is 2.49 bits per heavy atom. The van der Waals surface area contributed by atoms with Gasteiger partial charge in [-0.2, -0.15) is 0 Å². The maximum Gasteiger partial charge on any atom is 0.263 e. The van der Waals surface area contributed by atoms with E-state index in [9.17, 15) is 28.6 Å². The van der Waals surface area contributed by atoms with Gasteiger partial charge in [-0.25, -0.2) is 13.8 Å². The number of anilines is 1. The number of rotatable bonds is 5. The molecule has 2 aromatic rings. The van der Waals surface area contributed by atoms with Crippen LogP contribution in [0.2, 0.25) is 0 Å². The van der Waals surface area contributed by atoms with E-state index in [-0.39, 0.29) is 35.9 Å². The molecule has 0 bridgehead atoms. The molecule has 1 aliphatic heterocycles. The summed E-state index contributed by atoms with van der Waals surface area (Å²) in [4.78, 5) is 33.9. The van der Waals surface area contributed by atoms with Gasteiger partial charge >= 0.3 is 0 Å². The van der Waals surface area contributed by atoms with Gasteiger partial charge in [0.2, 0.25) is 5.91 Å². The molecule has 39 heavy (non-hydrogen) atoms. The van der Waals surface area contributed by atoms with Crippen LogP contribution in [-0.2, 0) is 11.2 Å². The number of nitrogens with one attached hydrogen (secondary N) is 1. The second-order valence-corrected chi connectivity index (χ2v) is 13.3. The third-order valence-corrected chi connectivity index (χ3v) is 10.8. The fourth-order valence-electron chi connectivity index (χ4n) is 7.14. The molecule has 2 amide bonds. The standard InChI is InChI=1S/C29H37F2N3O4S/c1-16-8-11-34(12-9-16)23(37)13-17-25-20(14-21-28(17,2)10-7-22(36)29(21,3)15-35)39-27(32-25)33-26(38)24-18(30)5-4-6-19(24)31/h4-6,16-17,21-22,35-36H,7-15H2,1-3H3,(H,32,33,38)/t17-,21+,22-,28+,29+/m1/s1. The monoisotopic (exact) mass is 561 g/mol. The maximum atomic E-state index is 14.2. The Morgan fingerprint density at radius 1 is 1.18 bits per heavy atom. The van der Waals surface area contributed by atoms with Crippen molar-refractivity contribution in [3.8, 4) is 0 Å². The third kappa shape index (κ3) is 4.89. The van der Waals surface area contributed by atoms with Crippen LogP contribution in [0.15, 0.2) is 18.2 Å². The quantitative estimate of drug-likeness (QED) is 0.490. The predicted octanol–water partition coefficient (Wildman–Crippen LogP) is 4.74. The van der Waals surface area contributed by atoms with Gasteiger partial charge < -0.3 is 15.1 Å². The summed E-state index contributed by atoms with van der Waals surface area (Å²) in [5.41, 5.74) is -1.14. The van der Waals surface area contributed by atoms with E-state index >= 15 is 0 Å². The zero-order valence-electron chi connectivity index (χ0n) is 22.7. The molecule has 10 heteroatoms. The zero-order chi connectivity index (χ0) is 28.1. The minimum Gasteiger partial charge on any atom is -0.396 e. The van der Waals surface area contributed by atoms with Crippen LogP contribution in [0.25, 0.3) is 0 Å². The molecule has 0 radical (unpaired) electrons. The molecule has 1 saturated heterocycles. The van der Waals surface area contributed by atoms with Gasteiger partial charge in [-0.15, -0.1) is 11.3 Å². The van der Waals surface area contributed by atoms with Gasteiger partial charge in [-0.05, 0) is 61.5 Å². The van der Waals surface area contributed by atoms with Crippen molar-refractivity contribution >= 4 is 28.3 Å². The van der Waals surface area contributed by atoms with Crippen molar-refractivity contribution in [2.75, 3.05) is 25.0 Å².